The summed E-state index contributed by atoms with van der Waals surface area (Å²) in [6.45, 7) is 2.85. The molecule has 2 aromatic rings. The van der Waals surface area contributed by atoms with Gasteiger partial charge in [0.15, 0.2) is 5.96 Å². The molecule has 0 unspecified atom stereocenters. The number of aliphatic imine (C=N–C) groups is 1. The molecule has 7 heteroatoms. The second-order valence-corrected chi connectivity index (χ2v) is 7.37. The Labute approximate surface area is 195 Å². The molecule has 0 aliphatic carbocycles. The molecule has 2 N–H and O–H groups in total. The first kappa shape index (κ1) is 23.8. The van der Waals surface area contributed by atoms with Gasteiger partial charge in [0, 0.05) is 49.4 Å². The fraction of sp³-hybridized carbons (Fsp3) is 0.409. The van der Waals surface area contributed by atoms with Gasteiger partial charge in [-0.1, -0.05) is 48.0 Å². The minimum Gasteiger partial charge on any atom is -0.496 e. The summed E-state index contributed by atoms with van der Waals surface area (Å²) < 4.78 is 11.0. The van der Waals surface area contributed by atoms with Gasteiger partial charge in [-0.15, -0.1) is 24.0 Å². The molecule has 5 nitrogen and oxygen atoms in total. The van der Waals surface area contributed by atoms with E-state index in [2.05, 4.69) is 21.7 Å². The van der Waals surface area contributed by atoms with E-state index >= 15 is 0 Å². The van der Waals surface area contributed by atoms with E-state index in [4.69, 9.17) is 21.1 Å². The number of ether oxygens (including phenoxy) is 2. The van der Waals surface area contributed by atoms with E-state index in [1.165, 1.54) is 5.56 Å². The quantitative estimate of drug-likeness (QED) is 0.331. The summed E-state index contributed by atoms with van der Waals surface area (Å²) in [6, 6.07) is 16.1. The monoisotopic (exact) mass is 529 g/mol. The Bertz CT molecular complexity index is 810. The number of benzene rings is 2. The summed E-state index contributed by atoms with van der Waals surface area (Å²) in [5.41, 5.74) is 2.19. The first-order valence-corrected chi connectivity index (χ1v) is 9.95. The molecule has 0 amide bonds. The SMILES string of the molecule is CN=C(NCc1ccccc1OC)NCC1(c2ccccc2Cl)CCOCC1.I. The molecule has 1 fully saturated rings. The van der Waals surface area contributed by atoms with Crippen LogP contribution < -0.4 is 15.4 Å². The molecule has 3 rings (SSSR count). The predicted molar refractivity (Wildman–Crippen MR) is 130 cm³/mol. The van der Waals surface area contributed by atoms with Crippen LogP contribution in [0.5, 0.6) is 5.75 Å². The van der Waals surface area contributed by atoms with Gasteiger partial charge in [-0.2, -0.15) is 0 Å². The Morgan fingerprint density at radius 3 is 2.48 bits per heavy atom. The number of hydrogen-bond acceptors (Lipinski definition) is 3. The highest BCUT2D eigenvalue weighted by Gasteiger charge is 2.36. The van der Waals surface area contributed by atoms with E-state index in [0.717, 1.165) is 54.9 Å². The molecule has 0 bridgehead atoms. The van der Waals surface area contributed by atoms with Crippen LogP contribution in [0.15, 0.2) is 53.5 Å². The van der Waals surface area contributed by atoms with E-state index in [1.807, 2.05) is 42.5 Å². The van der Waals surface area contributed by atoms with E-state index < -0.39 is 0 Å². The molecule has 29 heavy (non-hydrogen) atoms. The van der Waals surface area contributed by atoms with Crippen molar-refractivity contribution in [1.29, 1.82) is 0 Å². The number of methoxy groups -OCH3 is 1. The standard InChI is InChI=1S/C22H28ClN3O2.HI/c1-24-21(25-15-17-7-3-6-10-20(17)27-2)26-16-22(11-13-28-14-12-22)18-8-4-5-9-19(18)23;/h3-10H,11-16H2,1-2H3,(H2,24,25,26);1H. The zero-order valence-electron chi connectivity index (χ0n) is 16.9. The summed E-state index contributed by atoms with van der Waals surface area (Å²) in [6.07, 6.45) is 1.85. The average Bonchev–Trinajstić information content (AvgIpc) is 2.75. The molecule has 1 saturated heterocycles. The first-order valence-electron chi connectivity index (χ1n) is 9.58. The maximum atomic E-state index is 6.54. The summed E-state index contributed by atoms with van der Waals surface area (Å²) in [4.78, 5) is 4.38. The van der Waals surface area contributed by atoms with Crippen molar-refractivity contribution in [1.82, 2.24) is 10.6 Å². The average molecular weight is 530 g/mol. The number of para-hydroxylation sites is 1. The number of nitrogens with one attached hydrogen (secondary N) is 2. The summed E-state index contributed by atoms with van der Waals surface area (Å²) in [5, 5.41) is 7.68. The van der Waals surface area contributed by atoms with Crippen molar-refractivity contribution < 1.29 is 9.47 Å². The smallest absolute Gasteiger partial charge is 0.191 e. The first-order chi connectivity index (χ1) is 13.7. The topological polar surface area (TPSA) is 54.9 Å². The zero-order valence-corrected chi connectivity index (χ0v) is 20.0. The minimum absolute atomic E-state index is 0. The number of rotatable bonds is 6. The van der Waals surface area contributed by atoms with Crippen LogP contribution in [-0.4, -0.2) is 39.9 Å². The third-order valence-corrected chi connectivity index (χ3v) is 5.68. The number of halogens is 2. The summed E-state index contributed by atoms with van der Waals surface area (Å²) >= 11 is 6.54. The lowest BCUT2D eigenvalue weighted by Gasteiger charge is -2.38. The Hall–Kier alpha value is -1.51. The van der Waals surface area contributed by atoms with Crippen molar-refractivity contribution in [2.75, 3.05) is 33.9 Å². The normalized spacial score (nSPS) is 15.9. The van der Waals surface area contributed by atoms with Crippen LogP contribution >= 0.6 is 35.6 Å². The zero-order chi connectivity index (χ0) is 19.8. The maximum absolute atomic E-state index is 6.54. The molecular weight excluding hydrogens is 501 g/mol. The molecular formula is C22H29ClIN3O2. The third-order valence-electron chi connectivity index (χ3n) is 5.35. The highest BCUT2D eigenvalue weighted by molar-refractivity contribution is 14.0. The number of guanidine groups is 1. The molecule has 1 aliphatic rings. The van der Waals surface area contributed by atoms with Crippen molar-refractivity contribution in [3.05, 3.63) is 64.7 Å². The highest BCUT2D eigenvalue weighted by Crippen LogP contribution is 2.38. The molecule has 1 aliphatic heterocycles. The molecule has 158 valence electrons. The van der Waals surface area contributed by atoms with E-state index in [-0.39, 0.29) is 29.4 Å². The largest absolute Gasteiger partial charge is 0.496 e. The Balaban J connectivity index is 0.00000300. The Morgan fingerprint density at radius 1 is 1.10 bits per heavy atom. The predicted octanol–water partition coefficient (Wildman–Crippen LogP) is 4.38. The molecule has 1 heterocycles. The Kier molecular flexibility index (Phi) is 9.52. The Morgan fingerprint density at radius 2 is 1.79 bits per heavy atom. The van der Waals surface area contributed by atoms with Gasteiger partial charge in [0.1, 0.15) is 5.75 Å². The molecule has 0 aromatic heterocycles. The van der Waals surface area contributed by atoms with Crippen molar-refractivity contribution >= 4 is 41.5 Å². The van der Waals surface area contributed by atoms with Gasteiger partial charge in [-0.3, -0.25) is 4.99 Å². The molecule has 0 radical (unpaired) electrons. The van der Waals surface area contributed by atoms with Crippen molar-refractivity contribution in [3.8, 4) is 5.75 Å². The molecule has 0 spiro atoms. The fourth-order valence-corrected chi connectivity index (χ4v) is 4.03. The van der Waals surface area contributed by atoms with Crippen LogP contribution in [0.25, 0.3) is 0 Å². The number of nitrogens with zero attached hydrogens (tertiary/aromatic N) is 1. The van der Waals surface area contributed by atoms with Gasteiger partial charge in [0.05, 0.1) is 7.11 Å². The lowest BCUT2D eigenvalue weighted by Crippen LogP contribution is -2.48. The van der Waals surface area contributed by atoms with Crippen LogP contribution in [0.1, 0.15) is 24.0 Å². The van der Waals surface area contributed by atoms with Crippen molar-refractivity contribution in [2.45, 2.75) is 24.8 Å². The summed E-state index contributed by atoms with van der Waals surface area (Å²) in [5.74, 6) is 1.62. The highest BCUT2D eigenvalue weighted by atomic mass is 127. The summed E-state index contributed by atoms with van der Waals surface area (Å²) in [7, 11) is 3.47. The number of hydrogen-bond donors (Lipinski definition) is 2. The van der Waals surface area contributed by atoms with Crippen LogP contribution in [0.3, 0.4) is 0 Å². The molecule has 2 aromatic carbocycles. The van der Waals surface area contributed by atoms with Gasteiger partial charge in [0.25, 0.3) is 0 Å². The second-order valence-electron chi connectivity index (χ2n) is 6.96. The lowest BCUT2D eigenvalue weighted by molar-refractivity contribution is 0.0514. The van der Waals surface area contributed by atoms with Crippen molar-refractivity contribution in [3.63, 3.8) is 0 Å². The van der Waals surface area contributed by atoms with Gasteiger partial charge < -0.3 is 20.1 Å². The lowest BCUT2D eigenvalue weighted by atomic mass is 9.74. The van der Waals surface area contributed by atoms with Gasteiger partial charge in [0.2, 0.25) is 0 Å². The van der Waals surface area contributed by atoms with Crippen LogP contribution in [0.4, 0.5) is 0 Å². The van der Waals surface area contributed by atoms with E-state index in [9.17, 15) is 0 Å². The van der Waals surface area contributed by atoms with Crippen molar-refractivity contribution in [2.24, 2.45) is 4.99 Å². The van der Waals surface area contributed by atoms with Gasteiger partial charge >= 0.3 is 0 Å². The second kappa shape index (κ2) is 11.6. The van der Waals surface area contributed by atoms with E-state index in [1.54, 1.807) is 14.2 Å². The minimum atomic E-state index is -0.0708. The van der Waals surface area contributed by atoms with Gasteiger partial charge in [-0.05, 0) is 30.5 Å². The third kappa shape index (κ3) is 5.99. The van der Waals surface area contributed by atoms with Gasteiger partial charge in [-0.25, -0.2) is 0 Å². The molecule has 0 atom stereocenters. The van der Waals surface area contributed by atoms with E-state index in [0.29, 0.717) is 6.54 Å². The maximum Gasteiger partial charge on any atom is 0.191 e. The fourth-order valence-electron chi connectivity index (χ4n) is 3.70. The van der Waals surface area contributed by atoms with Crippen LogP contribution in [0, 0.1) is 0 Å². The van der Waals surface area contributed by atoms with Crippen LogP contribution in [-0.2, 0) is 16.7 Å². The molecule has 0 saturated carbocycles. The van der Waals surface area contributed by atoms with Crippen LogP contribution in [0.2, 0.25) is 5.02 Å².